The van der Waals surface area contributed by atoms with E-state index >= 15 is 0 Å². The maximum atomic E-state index is 11.1. The number of esters is 1. The van der Waals surface area contributed by atoms with Gasteiger partial charge in [-0.05, 0) is 24.6 Å². The Morgan fingerprint density at radius 2 is 2.08 bits per heavy atom. The van der Waals surface area contributed by atoms with Gasteiger partial charge in [0.25, 0.3) is 0 Å². The van der Waals surface area contributed by atoms with Crippen LogP contribution in [-0.2, 0) is 15.1 Å². The number of carbonyl (C=O) groups is 1. The molecule has 4 nitrogen and oxygen atoms in total. The maximum Gasteiger partial charge on any atom is 0.342 e. The van der Waals surface area contributed by atoms with Crippen LogP contribution in [0.25, 0.3) is 0 Å². The quantitative estimate of drug-likeness (QED) is 0.673. The Morgan fingerprint density at radius 3 is 2.54 bits per heavy atom. The molecule has 0 saturated carbocycles. The first kappa shape index (κ1) is 9.67. The summed E-state index contributed by atoms with van der Waals surface area (Å²) in [6.45, 7) is 1.38. The number of hydrogen-bond donors (Lipinski definition) is 1. The van der Waals surface area contributed by atoms with Crippen LogP contribution in [0.15, 0.2) is 24.5 Å². The van der Waals surface area contributed by atoms with Crippen molar-refractivity contribution in [2.45, 2.75) is 12.5 Å². The van der Waals surface area contributed by atoms with Gasteiger partial charge >= 0.3 is 5.97 Å². The molecule has 0 unspecified atom stereocenters. The van der Waals surface area contributed by atoms with Gasteiger partial charge in [0.05, 0.1) is 7.11 Å². The molecule has 13 heavy (non-hydrogen) atoms. The summed E-state index contributed by atoms with van der Waals surface area (Å²) in [6, 6.07) is 3.13. The largest absolute Gasteiger partial charge is 0.467 e. The molecule has 1 atom stereocenters. The number of nitrogens with zero attached hydrogens (tertiary/aromatic N) is 1. The molecule has 4 heteroatoms. The zero-order valence-corrected chi connectivity index (χ0v) is 7.52. The average molecular weight is 181 g/mol. The minimum Gasteiger partial charge on any atom is -0.467 e. The molecule has 1 aromatic rings. The second-order valence-electron chi connectivity index (χ2n) is 2.80. The molecule has 0 aliphatic heterocycles. The molecule has 0 aliphatic rings. The number of aliphatic hydroxyl groups is 1. The van der Waals surface area contributed by atoms with Crippen LogP contribution in [0, 0.1) is 0 Å². The van der Waals surface area contributed by atoms with E-state index in [-0.39, 0.29) is 0 Å². The van der Waals surface area contributed by atoms with Crippen LogP contribution in [0.1, 0.15) is 12.5 Å². The Morgan fingerprint density at radius 1 is 1.54 bits per heavy atom. The van der Waals surface area contributed by atoms with Crippen LogP contribution < -0.4 is 0 Å². The molecule has 0 aromatic carbocycles. The van der Waals surface area contributed by atoms with Gasteiger partial charge in [0.15, 0.2) is 5.60 Å². The molecular weight excluding hydrogens is 170 g/mol. The summed E-state index contributed by atoms with van der Waals surface area (Å²) >= 11 is 0. The topological polar surface area (TPSA) is 59.4 Å². The number of ether oxygens (including phenoxy) is 1. The van der Waals surface area contributed by atoms with Gasteiger partial charge in [0.2, 0.25) is 0 Å². The van der Waals surface area contributed by atoms with Crippen LogP contribution in [-0.4, -0.2) is 23.2 Å². The minimum atomic E-state index is -1.60. The molecule has 0 fully saturated rings. The van der Waals surface area contributed by atoms with Gasteiger partial charge in [-0.15, -0.1) is 0 Å². The number of carbonyl (C=O) groups excluding carboxylic acids is 1. The third-order valence-corrected chi connectivity index (χ3v) is 1.83. The smallest absolute Gasteiger partial charge is 0.342 e. The van der Waals surface area contributed by atoms with E-state index < -0.39 is 11.6 Å². The van der Waals surface area contributed by atoms with E-state index in [1.54, 1.807) is 12.1 Å². The molecule has 1 rings (SSSR count). The lowest BCUT2D eigenvalue weighted by atomic mass is 9.98. The van der Waals surface area contributed by atoms with Gasteiger partial charge in [-0.25, -0.2) is 4.79 Å². The summed E-state index contributed by atoms with van der Waals surface area (Å²) in [4.78, 5) is 14.9. The van der Waals surface area contributed by atoms with Crippen molar-refractivity contribution in [3.63, 3.8) is 0 Å². The number of methoxy groups -OCH3 is 1. The standard InChI is InChI=1S/C9H11NO3/c1-9(12,8(11)13-2)7-3-5-10-6-4-7/h3-6,12H,1-2H3/t9-/m0/s1. The van der Waals surface area contributed by atoms with Gasteiger partial charge in [0.1, 0.15) is 0 Å². The van der Waals surface area contributed by atoms with Crippen LogP contribution in [0.2, 0.25) is 0 Å². The molecule has 1 aromatic heterocycles. The zero-order chi connectivity index (χ0) is 9.90. The minimum absolute atomic E-state index is 0.467. The third-order valence-electron chi connectivity index (χ3n) is 1.83. The second kappa shape index (κ2) is 3.53. The number of aromatic nitrogens is 1. The summed E-state index contributed by atoms with van der Waals surface area (Å²) in [7, 11) is 1.23. The lowest BCUT2D eigenvalue weighted by Crippen LogP contribution is -2.33. The summed E-state index contributed by atoms with van der Waals surface area (Å²) in [5, 5.41) is 9.75. The fourth-order valence-electron chi connectivity index (χ4n) is 0.993. The zero-order valence-electron chi connectivity index (χ0n) is 7.52. The Balaban J connectivity index is 3.00. The average Bonchev–Trinajstić information content (AvgIpc) is 2.18. The van der Waals surface area contributed by atoms with E-state index in [0.29, 0.717) is 5.56 Å². The molecule has 1 N–H and O–H groups in total. The van der Waals surface area contributed by atoms with Crippen molar-refractivity contribution in [2.75, 3.05) is 7.11 Å². The summed E-state index contributed by atoms with van der Waals surface area (Å²) in [5.41, 5.74) is -1.13. The van der Waals surface area contributed by atoms with E-state index in [4.69, 9.17) is 0 Å². The Bertz CT molecular complexity index is 295. The van der Waals surface area contributed by atoms with Crippen molar-refractivity contribution in [3.05, 3.63) is 30.1 Å². The molecule has 70 valence electrons. The number of hydrogen-bond acceptors (Lipinski definition) is 4. The van der Waals surface area contributed by atoms with Crippen molar-refractivity contribution in [2.24, 2.45) is 0 Å². The first-order chi connectivity index (χ1) is 6.09. The van der Waals surface area contributed by atoms with Gasteiger partial charge in [-0.3, -0.25) is 4.98 Å². The van der Waals surface area contributed by atoms with Crippen molar-refractivity contribution in [1.82, 2.24) is 4.98 Å². The summed E-state index contributed by atoms with van der Waals surface area (Å²) < 4.78 is 4.46. The van der Waals surface area contributed by atoms with Crippen molar-refractivity contribution < 1.29 is 14.6 Å². The number of pyridine rings is 1. The molecular formula is C9H11NO3. The fraction of sp³-hybridized carbons (Fsp3) is 0.333. The monoisotopic (exact) mass is 181 g/mol. The highest BCUT2D eigenvalue weighted by Gasteiger charge is 2.33. The van der Waals surface area contributed by atoms with Crippen LogP contribution in [0.3, 0.4) is 0 Å². The van der Waals surface area contributed by atoms with E-state index in [2.05, 4.69) is 9.72 Å². The highest BCUT2D eigenvalue weighted by molar-refractivity contribution is 5.80. The normalized spacial score (nSPS) is 14.7. The first-order valence-corrected chi connectivity index (χ1v) is 3.80. The van der Waals surface area contributed by atoms with Crippen LogP contribution in [0.4, 0.5) is 0 Å². The molecule has 0 spiro atoms. The Hall–Kier alpha value is -1.42. The maximum absolute atomic E-state index is 11.1. The third kappa shape index (κ3) is 1.84. The van der Waals surface area contributed by atoms with Crippen molar-refractivity contribution in [1.29, 1.82) is 0 Å². The van der Waals surface area contributed by atoms with Gasteiger partial charge in [-0.1, -0.05) is 0 Å². The Labute approximate surface area is 76.2 Å². The SMILES string of the molecule is COC(=O)[C@@](C)(O)c1ccncc1. The van der Waals surface area contributed by atoms with Gasteiger partial charge in [0, 0.05) is 12.4 Å². The molecule has 0 amide bonds. The number of rotatable bonds is 2. The fourth-order valence-corrected chi connectivity index (χ4v) is 0.993. The van der Waals surface area contributed by atoms with E-state index in [1.165, 1.54) is 26.4 Å². The van der Waals surface area contributed by atoms with Crippen LogP contribution >= 0.6 is 0 Å². The van der Waals surface area contributed by atoms with Crippen LogP contribution in [0.5, 0.6) is 0 Å². The first-order valence-electron chi connectivity index (χ1n) is 3.80. The van der Waals surface area contributed by atoms with E-state index in [0.717, 1.165) is 0 Å². The summed E-state index contributed by atoms with van der Waals surface area (Å²) in [5.74, 6) is -0.682. The Kier molecular flexibility index (Phi) is 2.63. The molecule has 1 heterocycles. The lowest BCUT2D eigenvalue weighted by Gasteiger charge is -2.19. The predicted octanol–water partition coefficient (Wildman–Crippen LogP) is 0.462. The molecule has 0 saturated heterocycles. The van der Waals surface area contributed by atoms with Crippen molar-refractivity contribution >= 4 is 5.97 Å². The molecule has 0 radical (unpaired) electrons. The highest BCUT2D eigenvalue weighted by Crippen LogP contribution is 2.20. The summed E-state index contributed by atoms with van der Waals surface area (Å²) in [6.07, 6.45) is 3.01. The van der Waals surface area contributed by atoms with E-state index in [1.807, 2.05) is 0 Å². The predicted molar refractivity (Wildman–Crippen MR) is 45.8 cm³/mol. The van der Waals surface area contributed by atoms with Gasteiger partial charge < -0.3 is 9.84 Å². The van der Waals surface area contributed by atoms with Gasteiger partial charge in [-0.2, -0.15) is 0 Å². The molecule has 0 aliphatic carbocycles. The van der Waals surface area contributed by atoms with E-state index in [9.17, 15) is 9.90 Å². The second-order valence-corrected chi connectivity index (χ2v) is 2.80. The van der Waals surface area contributed by atoms with Crippen molar-refractivity contribution in [3.8, 4) is 0 Å². The molecule has 0 bridgehead atoms. The highest BCUT2D eigenvalue weighted by atomic mass is 16.5. The lowest BCUT2D eigenvalue weighted by molar-refractivity contribution is -0.161.